The molecule has 0 amide bonds. The molecule has 1 unspecified atom stereocenters. The monoisotopic (exact) mass is 678 g/mol. The van der Waals surface area contributed by atoms with E-state index in [9.17, 15) is 8.42 Å². The molecule has 1 fully saturated rings. The minimum Gasteiger partial charge on any atom is -0.497 e. The van der Waals surface area contributed by atoms with Crippen LogP contribution < -0.4 is 4.74 Å². The number of nitrogens with zero attached hydrogens (tertiary/aromatic N) is 2. The van der Waals surface area contributed by atoms with Crippen LogP contribution >= 0.6 is 0 Å². The molecule has 0 aliphatic carbocycles. The predicted molar refractivity (Wildman–Crippen MR) is 202 cm³/mol. The fourth-order valence-corrected chi connectivity index (χ4v) is 9.03. The quantitative estimate of drug-likeness (QED) is 0.0597. The van der Waals surface area contributed by atoms with Crippen LogP contribution in [0.2, 0.25) is 0 Å². The van der Waals surface area contributed by atoms with E-state index in [0.29, 0.717) is 30.3 Å². The highest BCUT2D eigenvalue weighted by Crippen LogP contribution is 2.44. The number of hydrogen-bond donors (Lipinski definition) is 0. The summed E-state index contributed by atoms with van der Waals surface area (Å²) >= 11 is 0. The molecule has 0 aromatic heterocycles. The van der Waals surface area contributed by atoms with Gasteiger partial charge in [-0.15, -0.1) is 0 Å². The molecule has 4 aromatic rings. The minimum atomic E-state index is -3.72. The number of benzene rings is 4. The van der Waals surface area contributed by atoms with Crippen LogP contribution in [0.1, 0.15) is 87.8 Å². The van der Waals surface area contributed by atoms with Gasteiger partial charge in [-0.25, -0.2) is 8.42 Å². The van der Waals surface area contributed by atoms with Gasteiger partial charge in [-0.05, 0) is 66.6 Å². The van der Waals surface area contributed by atoms with Crippen molar-refractivity contribution in [3.8, 4) is 5.75 Å². The molecule has 4 aromatic carbocycles. The lowest BCUT2D eigenvalue weighted by atomic mass is 9.75. The van der Waals surface area contributed by atoms with Crippen LogP contribution in [-0.4, -0.2) is 50.4 Å². The Kier molecular flexibility index (Phi) is 13.7. The zero-order valence-electron chi connectivity index (χ0n) is 29.4. The van der Waals surface area contributed by atoms with Gasteiger partial charge in [-0.3, -0.25) is 4.90 Å². The van der Waals surface area contributed by atoms with Gasteiger partial charge in [-0.1, -0.05) is 149 Å². The first-order valence-corrected chi connectivity index (χ1v) is 19.7. The highest BCUT2D eigenvalue weighted by molar-refractivity contribution is 7.89. The molecule has 0 saturated carbocycles. The first-order chi connectivity index (χ1) is 24.0. The third-order valence-corrected chi connectivity index (χ3v) is 11.9. The molecule has 5 nitrogen and oxygen atoms in total. The average Bonchev–Trinajstić information content (AvgIpc) is 3.15. The Morgan fingerprint density at radius 3 is 1.71 bits per heavy atom. The summed E-state index contributed by atoms with van der Waals surface area (Å²) in [5, 5.41) is 0. The Morgan fingerprint density at radius 2 is 1.18 bits per heavy atom. The lowest BCUT2D eigenvalue weighted by molar-refractivity contribution is 0.0664. The smallest absolute Gasteiger partial charge is 0.243 e. The summed E-state index contributed by atoms with van der Waals surface area (Å²) in [5.74, 6) is 0.648. The van der Waals surface area contributed by atoms with E-state index >= 15 is 0 Å². The van der Waals surface area contributed by atoms with Crippen LogP contribution in [0.4, 0.5) is 0 Å². The number of unbranched alkanes of at least 4 members (excludes halogenated alkanes) is 7. The predicted octanol–water partition coefficient (Wildman–Crippen LogP) is 9.84. The number of piperazine rings is 1. The molecule has 260 valence electrons. The maximum absolute atomic E-state index is 14.3. The van der Waals surface area contributed by atoms with E-state index in [4.69, 9.17) is 4.74 Å². The Balaban J connectivity index is 1.43. The van der Waals surface area contributed by atoms with Gasteiger partial charge in [-0.2, -0.15) is 4.31 Å². The van der Waals surface area contributed by atoms with E-state index in [-0.39, 0.29) is 6.04 Å². The van der Waals surface area contributed by atoms with Crippen molar-refractivity contribution in [2.75, 3.05) is 26.7 Å². The average molecular weight is 679 g/mol. The van der Waals surface area contributed by atoms with Crippen LogP contribution in [0, 0.1) is 0 Å². The van der Waals surface area contributed by atoms with Gasteiger partial charge >= 0.3 is 0 Å². The molecule has 49 heavy (non-hydrogen) atoms. The molecule has 1 heterocycles. The van der Waals surface area contributed by atoms with Crippen molar-refractivity contribution in [3.05, 3.63) is 144 Å². The first kappa shape index (κ1) is 36.6. The van der Waals surface area contributed by atoms with Gasteiger partial charge < -0.3 is 4.74 Å². The molecular weight excluding hydrogens is 625 g/mol. The second kappa shape index (κ2) is 18.3. The molecule has 0 spiro atoms. The van der Waals surface area contributed by atoms with Crippen LogP contribution in [0.5, 0.6) is 5.75 Å². The van der Waals surface area contributed by atoms with E-state index in [1.54, 1.807) is 35.7 Å². The molecule has 1 aliphatic heterocycles. The maximum Gasteiger partial charge on any atom is 0.243 e. The van der Waals surface area contributed by atoms with Gasteiger partial charge in [0, 0.05) is 25.7 Å². The Labute approximate surface area is 295 Å². The Hall–Kier alpha value is -3.71. The van der Waals surface area contributed by atoms with Crippen molar-refractivity contribution in [1.82, 2.24) is 9.21 Å². The summed E-state index contributed by atoms with van der Waals surface area (Å²) in [6.07, 6.45) is 16.0. The summed E-state index contributed by atoms with van der Waals surface area (Å²) in [6, 6.07) is 38.8. The normalized spacial score (nSPS) is 16.2. The Bertz CT molecular complexity index is 1560. The fourth-order valence-electron chi connectivity index (χ4n) is 7.39. The van der Waals surface area contributed by atoms with Crippen molar-refractivity contribution < 1.29 is 13.2 Å². The van der Waals surface area contributed by atoms with Crippen molar-refractivity contribution in [2.24, 2.45) is 0 Å². The van der Waals surface area contributed by atoms with Crippen molar-refractivity contribution in [2.45, 2.75) is 87.6 Å². The molecule has 1 atom stereocenters. The molecular formula is C43H54N2O3S. The van der Waals surface area contributed by atoms with Gasteiger partial charge in [0.1, 0.15) is 5.75 Å². The number of allylic oxidation sites excluding steroid dienone is 2. The highest BCUT2D eigenvalue weighted by atomic mass is 32.2. The second-order valence-electron chi connectivity index (χ2n) is 13.2. The van der Waals surface area contributed by atoms with Crippen LogP contribution in [0.25, 0.3) is 0 Å². The van der Waals surface area contributed by atoms with Gasteiger partial charge in [0.25, 0.3) is 0 Å². The van der Waals surface area contributed by atoms with E-state index < -0.39 is 15.6 Å². The van der Waals surface area contributed by atoms with Crippen molar-refractivity contribution >= 4 is 10.0 Å². The van der Waals surface area contributed by atoms with Crippen LogP contribution in [0.3, 0.4) is 0 Å². The largest absolute Gasteiger partial charge is 0.497 e. The number of sulfonamides is 1. The molecule has 5 rings (SSSR count). The number of rotatable bonds is 18. The summed E-state index contributed by atoms with van der Waals surface area (Å²) in [6.45, 7) is 3.86. The van der Waals surface area contributed by atoms with E-state index in [1.807, 2.05) is 0 Å². The summed E-state index contributed by atoms with van der Waals surface area (Å²) in [4.78, 5) is 2.86. The molecule has 0 radical (unpaired) electrons. The zero-order valence-corrected chi connectivity index (χ0v) is 30.2. The highest BCUT2D eigenvalue weighted by Gasteiger charge is 2.47. The van der Waals surface area contributed by atoms with E-state index in [2.05, 4.69) is 115 Å². The van der Waals surface area contributed by atoms with Crippen molar-refractivity contribution in [3.63, 3.8) is 0 Å². The lowest BCUT2D eigenvalue weighted by Crippen LogP contribution is -2.61. The molecule has 6 heteroatoms. The molecule has 0 bridgehead atoms. The number of ether oxygens (including phenoxy) is 1. The number of methoxy groups -OCH3 is 1. The van der Waals surface area contributed by atoms with E-state index in [0.717, 1.165) is 25.7 Å². The van der Waals surface area contributed by atoms with Crippen LogP contribution in [-0.2, 0) is 15.6 Å². The van der Waals surface area contributed by atoms with Gasteiger partial charge in [0.15, 0.2) is 0 Å². The standard InChI is InChI=1S/C43H54N2O3S/c1-3-4-5-6-7-8-9-10-11-12-22-29-40-36-44(34-35-45(40)49(46,47)42-32-30-41(48-2)31-33-42)43(37-23-16-13-17-24-37,38-25-18-14-19-26-38)39-27-20-15-21-28-39/h6-7,13-21,23-28,30-33,40H,3-5,8-12,22,29,34-36H2,1-2H3/b7-6-. The Morgan fingerprint density at radius 1 is 0.673 bits per heavy atom. The third kappa shape index (κ3) is 8.91. The topological polar surface area (TPSA) is 49.9 Å². The first-order valence-electron chi connectivity index (χ1n) is 18.2. The lowest BCUT2D eigenvalue weighted by Gasteiger charge is -2.51. The second-order valence-corrected chi connectivity index (χ2v) is 15.0. The third-order valence-electron chi connectivity index (χ3n) is 9.94. The number of hydrogen-bond acceptors (Lipinski definition) is 4. The maximum atomic E-state index is 14.3. The van der Waals surface area contributed by atoms with Gasteiger partial charge in [0.05, 0.1) is 17.5 Å². The zero-order chi connectivity index (χ0) is 34.4. The molecule has 0 N–H and O–H groups in total. The van der Waals surface area contributed by atoms with Crippen molar-refractivity contribution in [1.29, 1.82) is 0 Å². The summed E-state index contributed by atoms with van der Waals surface area (Å²) in [5.41, 5.74) is 2.96. The van der Waals surface area contributed by atoms with E-state index in [1.165, 1.54) is 55.2 Å². The summed E-state index contributed by atoms with van der Waals surface area (Å²) < 4.78 is 35.8. The molecule has 1 aliphatic rings. The minimum absolute atomic E-state index is 0.169. The van der Waals surface area contributed by atoms with Crippen LogP contribution in [0.15, 0.2) is 132 Å². The molecule has 1 saturated heterocycles. The summed E-state index contributed by atoms with van der Waals surface area (Å²) in [7, 11) is -2.12. The fraction of sp³-hybridized carbons (Fsp3) is 0.395. The van der Waals surface area contributed by atoms with Gasteiger partial charge in [0.2, 0.25) is 10.0 Å². The SMILES string of the molecule is CCCC/C=C\CCCCCCCC1CN(C(c2ccccc2)(c2ccccc2)c2ccccc2)CCN1S(=O)(=O)c1ccc(OC)cc1.